The quantitative estimate of drug-likeness (QED) is 0.645. The van der Waals surface area contributed by atoms with Crippen LogP contribution < -0.4 is 11.1 Å². The Morgan fingerprint density at radius 3 is 2.53 bits per heavy atom. The van der Waals surface area contributed by atoms with Gasteiger partial charge in [-0.1, -0.05) is 20.8 Å². The number of benzene rings is 1. The zero-order chi connectivity index (χ0) is 23.6. The Labute approximate surface area is 185 Å². The fraction of sp³-hybridized carbons (Fsp3) is 0.455. The van der Waals surface area contributed by atoms with Crippen LogP contribution in [0.1, 0.15) is 50.0 Å². The molecule has 1 aromatic carbocycles. The van der Waals surface area contributed by atoms with Crippen molar-refractivity contribution in [3.63, 3.8) is 0 Å². The molecular weight excluding hydrogens is 415 g/mol. The summed E-state index contributed by atoms with van der Waals surface area (Å²) >= 11 is 0. The number of nitrogens with one attached hydrogen (secondary N) is 1. The fourth-order valence-corrected chi connectivity index (χ4v) is 4.15. The number of anilines is 2. The first-order valence-electron chi connectivity index (χ1n) is 10.3. The van der Waals surface area contributed by atoms with Gasteiger partial charge in [-0.25, -0.2) is 9.18 Å². The molecule has 1 aliphatic heterocycles. The van der Waals surface area contributed by atoms with Gasteiger partial charge in [-0.3, -0.25) is 9.48 Å². The first-order chi connectivity index (χ1) is 15.0. The number of hydrogen-bond acceptors (Lipinski definition) is 5. The highest BCUT2D eigenvalue weighted by Gasteiger charge is 2.44. The van der Waals surface area contributed by atoms with Crippen molar-refractivity contribution in [3.8, 4) is 6.07 Å². The second kappa shape index (κ2) is 8.86. The number of likely N-dealkylation sites (tertiary alicyclic amines) is 1. The average molecular weight is 442 g/mol. The van der Waals surface area contributed by atoms with Crippen LogP contribution in [0.3, 0.4) is 0 Å². The monoisotopic (exact) mass is 442 g/mol. The molecule has 10 heteroatoms. The third kappa shape index (κ3) is 4.99. The number of carboxylic acid groups (broad SMARTS) is 1. The number of primary amides is 1. The van der Waals surface area contributed by atoms with Gasteiger partial charge in [0.05, 0.1) is 24.1 Å². The number of carbonyl (C=O) groups is 2. The lowest BCUT2D eigenvalue weighted by atomic mass is 9.78. The zero-order valence-electron chi connectivity index (χ0n) is 18.2. The molecule has 0 saturated carbocycles. The maximum Gasteiger partial charge on any atom is 0.407 e. The zero-order valence-corrected chi connectivity index (χ0v) is 18.2. The molecule has 0 radical (unpaired) electrons. The molecule has 1 fully saturated rings. The van der Waals surface area contributed by atoms with Crippen LogP contribution in [0.25, 0.3) is 0 Å². The molecule has 3 atom stereocenters. The summed E-state index contributed by atoms with van der Waals surface area (Å²) in [6.07, 6.45) is 1.23. The summed E-state index contributed by atoms with van der Waals surface area (Å²) < 4.78 is 14.7. The molecule has 0 aliphatic carbocycles. The number of nitrogens with zero attached hydrogens (tertiary/aromatic N) is 4. The molecule has 0 bridgehead atoms. The third-order valence-corrected chi connectivity index (χ3v) is 5.53. The van der Waals surface area contributed by atoms with Crippen LogP contribution in [-0.4, -0.2) is 44.4 Å². The Hall–Kier alpha value is -3.61. The molecule has 3 rings (SSSR count). The number of nitrogens with two attached hydrogens (primary N) is 1. The predicted octanol–water partition coefficient (Wildman–Crippen LogP) is 3.73. The molecule has 0 spiro atoms. The van der Waals surface area contributed by atoms with Crippen molar-refractivity contribution in [1.29, 1.82) is 5.26 Å². The predicted molar refractivity (Wildman–Crippen MR) is 116 cm³/mol. The number of rotatable bonds is 5. The standard InChI is InChI=1S/C22H27FN6O3/c1-22(2,3)10-17-18(13(11-24)8-9-28(17)21(31)32)29-12-16(19(25)30)20(27-29)26-15-6-4-14(23)5-7-15/h4-7,12-13,17-18H,8-10H2,1-3H3,(H2,25,30)(H,26,27)(H,31,32). The molecule has 9 nitrogen and oxygen atoms in total. The van der Waals surface area contributed by atoms with E-state index in [1.165, 1.54) is 40.0 Å². The van der Waals surface area contributed by atoms with E-state index in [1.807, 2.05) is 20.8 Å². The van der Waals surface area contributed by atoms with E-state index in [4.69, 9.17) is 5.73 Å². The van der Waals surface area contributed by atoms with E-state index in [1.54, 1.807) is 0 Å². The minimum absolute atomic E-state index is 0.0907. The van der Waals surface area contributed by atoms with E-state index in [2.05, 4.69) is 16.5 Å². The minimum Gasteiger partial charge on any atom is -0.465 e. The summed E-state index contributed by atoms with van der Waals surface area (Å²) in [5, 5.41) is 27.0. The SMILES string of the molecule is CC(C)(C)CC1C(n2cc(C(N)=O)c(Nc3ccc(F)cc3)n2)C(C#N)CCN1C(=O)O. The van der Waals surface area contributed by atoms with Gasteiger partial charge >= 0.3 is 6.09 Å². The van der Waals surface area contributed by atoms with Gasteiger partial charge in [-0.15, -0.1) is 0 Å². The molecule has 1 aliphatic rings. The van der Waals surface area contributed by atoms with Crippen LogP contribution in [0, 0.1) is 28.5 Å². The smallest absolute Gasteiger partial charge is 0.407 e. The lowest BCUT2D eigenvalue weighted by Crippen LogP contribution is -2.53. The molecule has 32 heavy (non-hydrogen) atoms. The van der Waals surface area contributed by atoms with Crippen LogP contribution in [0.15, 0.2) is 30.5 Å². The molecule has 1 aromatic heterocycles. The fourth-order valence-electron chi connectivity index (χ4n) is 4.15. The van der Waals surface area contributed by atoms with Crippen molar-refractivity contribution in [1.82, 2.24) is 14.7 Å². The van der Waals surface area contributed by atoms with Gasteiger partial charge in [0.25, 0.3) is 5.91 Å². The summed E-state index contributed by atoms with van der Waals surface area (Å²) in [6.45, 7) is 6.24. The van der Waals surface area contributed by atoms with Crippen LogP contribution in [0.2, 0.25) is 0 Å². The first kappa shape index (κ1) is 23.1. The highest BCUT2D eigenvalue weighted by Crippen LogP contribution is 2.39. The normalized spacial score (nSPS) is 21.1. The summed E-state index contributed by atoms with van der Waals surface area (Å²) in [7, 11) is 0. The number of amides is 2. The number of nitriles is 1. The van der Waals surface area contributed by atoms with E-state index in [9.17, 15) is 24.3 Å². The third-order valence-electron chi connectivity index (χ3n) is 5.53. The molecule has 4 N–H and O–H groups in total. The van der Waals surface area contributed by atoms with Gasteiger partial charge in [0.15, 0.2) is 5.82 Å². The van der Waals surface area contributed by atoms with Crippen molar-refractivity contribution >= 4 is 23.5 Å². The van der Waals surface area contributed by atoms with Crippen LogP contribution in [0.4, 0.5) is 20.7 Å². The second-order valence-electron chi connectivity index (χ2n) is 9.19. The molecule has 2 amide bonds. The largest absolute Gasteiger partial charge is 0.465 e. The van der Waals surface area contributed by atoms with E-state index in [0.29, 0.717) is 18.5 Å². The number of aromatic nitrogens is 2. The van der Waals surface area contributed by atoms with Crippen LogP contribution in [-0.2, 0) is 0 Å². The number of hydrogen-bond donors (Lipinski definition) is 3. The molecule has 2 aromatic rings. The Bertz CT molecular complexity index is 1040. The van der Waals surface area contributed by atoms with Crippen molar-refractivity contribution in [2.45, 2.75) is 45.7 Å². The van der Waals surface area contributed by atoms with Gasteiger partial charge in [0, 0.05) is 18.4 Å². The van der Waals surface area contributed by atoms with Crippen LogP contribution >= 0.6 is 0 Å². The number of carbonyl (C=O) groups excluding carboxylic acids is 1. The number of piperidine rings is 1. The lowest BCUT2D eigenvalue weighted by molar-refractivity contribution is 0.0421. The molecule has 170 valence electrons. The summed E-state index contributed by atoms with van der Waals surface area (Å²) in [5.74, 6) is -1.48. The highest BCUT2D eigenvalue weighted by atomic mass is 19.1. The van der Waals surface area contributed by atoms with Crippen molar-refractivity contribution in [2.75, 3.05) is 11.9 Å². The Morgan fingerprint density at radius 2 is 2.00 bits per heavy atom. The molecule has 2 heterocycles. The second-order valence-corrected chi connectivity index (χ2v) is 9.19. The average Bonchev–Trinajstić information content (AvgIpc) is 3.11. The molecule has 3 unspecified atom stereocenters. The van der Waals surface area contributed by atoms with Gasteiger partial charge < -0.3 is 21.1 Å². The van der Waals surface area contributed by atoms with Gasteiger partial charge in [-0.05, 0) is 42.5 Å². The molecular formula is C22H27FN6O3. The topological polar surface area (TPSA) is 137 Å². The van der Waals surface area contributed by atoms with Crippen molar-refractivity contribution in [3.05, 3.63) is 41.8 Å². The first-order valence-corrected chi connectivity index (χ1v) is 10.3. The van der Waals surface area contributed by atoms with E-state index in [-0.39, 0.29) is 23.3 Å². The maximum atomic E-state index is 13.2. The Kier molecular flexibility index (Phi) is 6.39. The summed E-state index contributed by atoms with van der Waals surface area (Å²) in [6, 6.07) is 6.67. The van der Waals surface area contributed by atoms with E-state index in [0.717, 1.165) is 0 Å². The summed E-state index contributed by atoms with van der Waals surface area (Å²) in [4.78, 5) is 25.4. The van der Waals surface area contributed by atoms with Gasteiger partial charge in [0.1, 0.15) is 11.4 Å². The lowest BCUT2D eigenvalue weighted by Gasteiger charge is -2.44. The Balaban J connectivity index is 2.06. The van der Waals surface area contributed by atoms with E-state index >= 15 is 0 Å². The Morgan fingerprint density at radius 1 is 1.34 bits per heavy atom. The van der Waals surface area contributed by atoms with Crippen LogP contribution in [0.5, 0.6) is 0 Å². The molecule has 1 saturated heterocycles. The summed E-state index contributed by atoms with van der Waals surface area (Å²) in [5.41, 5.74) is 5.92. The van der Waals surface area contributed by atoms with Crippen molar-refractivity contribution < 1.29 is 19.1 Å². The van der Waals surface area contributed by atoms with Crippen molar-refractivity contribution in [2.24, 2.45) is 17.1 Å². The van der Waals surface area contributed by atoms with Gasteiger partial charge in [0.2, 0.25) is 0 Å². The van der Waals surface area contributed by atoms with Gasteiger partial charge in [-0.2, -0.15) is 10.4 Å². The highest BCUT2D eigenvalue weighted by molar-refractivity contribution is 5.98. The number of halogens is 1. The minimum atomic E-state index is -1.06. The van der Waals surface area contributed by atoms with E-state index < -0.39 is 35.8 Å². The maximum absolute atomic E-state index is 13.2.